The van der Waals surface area contributed by atoms with E-state index < -0.39 is 0 Å². The molecular formula is C21H27ClN4OS. The Balaban J connectivity index is 1.51. The predicted molar refractivity (Wildman–Crippen MR) is 115 cm³/mol. The summed E-state index contributed by atoms with van der Waals surface area (Å²) in [6.07, 6.45) is 1.04. The van der Waals surface area contributed by atoms with Gasteiger partial charge in [0.25, 0.3) is 0 Å². The minimum absolute atomic E-state index is 0.400. The summed E-state index contributed by atoms with van der Waals surface area (Å²) in [5.41, 5.74) is 1.11. The van der Waals surface area contributed by atoms with Crippen LogP contribution >= 0.6 is 23.4 Å². The van der Waals surface area contributed by atoms with Crippen molar-refractivity contribution in [2.24, 2.45) is 7.05 Å². The number of halogens is 1. The Bertz CT molecular complexity index is 907. The Morgan fingerprint density at radius 1 is 1.21 bits per heavy atom. The Labute approximate surface area is 176 Å². The average Bonchev–Trinajstić information content (AvgIpc) is 3.26. The van der Waals surface area contributed by atoms with Crippen LogP contribution in [0.25, 0.3) is 0 Å². The molecule has 3 aromatic rings. The molecule has 0 aliphatic heterocycles. The number of benzene rings is 1. The van der Waals surface area contributed by atoms with E-state index in [2.05, 4.69) is 39.7 Å². The van der Waals surface area contributed by atoms with E-state index in [0.717, 1.165) is 58.4 Å². The van der Waals surface area contributed by atoms with Crippen LogP contribution in [0.15, 0.2) is 46.0 Å². The zero-order valence-corrected chi connectivity index (χ0v) is 18.4. The zero-order valence-electron chi connectivity index (χ0n) is 16.9. The molecule has 0 spiro atoms. The third kappa shape index (κ3) is 5.40. The molecule has 7 heteroatoms. The van der Waals surface area contributed by atoms with Gasteiger partial charge in [-0.25, -0.2) is 0 Å². The minimum Gasteiger partial charge on any atom is -0.466 e. The number of rotatable bonds is 9. The third-order valence-corrected chi connectivity index (χ3v) is 6.28. The molecule has 1 atom stereocenters. The number of hydrogen-bond donors (Lipinski definition) is 0. The van der Waals surface area contributed by atoms with E-state index in [-0.39, 0.29) is 0 Å². The molecule has 0 aliphatic rings. The van der Waals surface area contributed by atoms with E-state index in [1.165, 1.54) is 0 Å². The SMILES string of the molecule is Cc1ccc([C@H](C)CCN(C)Cc2nnc(SCc3ccccc3Cl)n2C)o1. The van der Waals surface area contributed by atoms with Gasteiger partial charge in [-0.1, -0.05) is 48.5 Å². The molecule has 3 rings (SSSR count). The van der Waals surface area contributed by atoms with Gasteiger partial charge in [-0.3, -0.25) is 4.90 Å². The molecule has 0 aliphatic carbocycles. The van der Waals surface area contributed by atoms with Crippen LogP contribution in [0.4, 0.5) is 0 Å². The first-order valence-electron chi connectivity index (χ1n) is 9.43. The van der Waals surface area contributed by atoms with Gasteiger partial charge in [0, 0.05) is 23.7 Å². The molecule has 0 N–H and O–H groups in total. The summed E-state index contributed by atoms with van der Waals surface area (Å²) in [7, 11) is 4.14. The van der Waals surface area contributed by atoms with Crippen molar-refractivity contribution in [2.45, 2.75) is 43.6 Å². The highest BCUT2D eigenvalue weighted by molar-refractivity contribution is 7.98. The van der Waals surface area contributed by atoms with Crippen molar-refractivity contribution in [1.29, 1.82) is 0 Å². The average molecular weight is 419 g/mol. The molecule has 28 heavy (non-hydrogen) atoms. The number of aromatic nitrogens is 3. The molecule has 150 valence electrons. The van der Waals surface area contributed by atoms with E-state index in [1.54, 1.807) is 11.8 Å². The number of thioether (sulfide) groups is 1. The van der Waals surface area contributed by atoms with E-state index in [1.807, 2.05) is 44.3 Å². The molecule has 0 saturated heterocycles. The normalized spacial score (nSPS) is 12.6. The lowest BCUT2D eigenvalue weighted by Crippen LogP contribution is -2.22. The van der Waals surface area contributed by atoms with Crippen LogP contribution < -0.4 is 0 Å². The highest BCUT2D eigenvalue weighted by Crippen LogP contribution is 2.26. The summed E-state index contributed by atoms with van der Waals surface area (Å²) in [6, 6.07) is 12.0. The molecule has 2 heterocycles. The fourth-order valence-electron chi connectivity index (χ4n) is 2.96. The topological polar surface area (TPSA) is 47.1 Å². The number of furan rings is 1. The van der Waals surface area contributed by atoms with Crippen LogP contribution in [0.3, 0.4) is 0 Å². The molecular weight excluding hydrogens is 392 g/mol. The summed E-state index contributed by atoms with van der Waals surface area (Å²) >= 11 is 7.89. The summed E-state index contributed by atoms with van der Waals surface area (Å²) in [5, 5.41) is 10.4. The van der Waals surface area contributed by atoms with Gasteiger partial charge in [0.2, 0.25) is 0 Å². The van der Waals surface area contributed by atoms with E-state index >= 15 is 0 Å². The Morgan fingerprint density at radius 3 is 2.71 bits per heavy atom. The van der Waals surface area contributed by atoms with Crippen LogP contribution in [0.1, 0.15) is 42.2 Å². The van der Waals surface area contributed by atoms with Crippen LogP contribution in [-0.2, 0) is 19.3 Å². The van der Waals surface area contributed by atoms with Crippen molar-refractivity contribution >= 4 is 23.4 Å². The molecule has 0 amide bonds. The molecule has 0 saturated carbocycles. The van der Waals surface area contributed by atoms with Crippen LogP contribution in [0.2, 0.25) is 5.02 Å². The predicted octanol–water partition coefficient (Wildman–Crippen LogP) is 5.29. The molecule has 0 radical (unpaired) electrons. The highest BCUT2D eigenvalue weighted by Gasteiger charge is 2.14. The van der Waals surface area contributed by atoms with E-state index in [4.69, 9.17) is 16.0 Å². The maximum absolute atomic E-state index is 6.24. The fraction of sp³-hybridized carbons (Fsp3) is 0.429. The summed E-state index contributed by atoms with van der Waals surface area (Å²) in [6.45, 7) is 5.92. The summed E-state index contributed by atoms with van der Waals surface area (Å²) in [5.74, 6) is 4.17. The van der Waals surface area contributed by atoms with E-state index in [0.29, 0.717) is 5.92 Å². The first-order valence-corrected chi connectivity index (χ1v) is 10.8. The van der Waals surface area contributed by atoms with Gasteiger partial charge in [0.05, 0.1) is 6.54 Å². The summed E-state index contributed by atoms with van der Waals surface area (Å²) < 4.78 is 7.80. The van der Waals surface area contributed by atoms with E-state index in [9.17, 15) is 0 Å². The summed E-state index contributed by atoms with van der Waals surface area (Å²) in [4.78, 5) is 2.28. The number of nitrogens with zero attached hydrogens (tertiary/aromatic N) is 4. The smallest absolute Gasteiger partial charge is 0.191 e. The van der Waals surface area contributed by atoms with Crippen LogP contribution in [0.5, 0.6) is 0 Å². The van der Waals surface area contributed by atoms with Crippen molar-refractivity contribution in [3.8, 4) is 0 Å². The standard InChI is InChI=1S/C21H27ClN4OS/c1-15(19-10-9-16(2)27-19)11-12-25(3)13-20-23-24-21(26(20)4)28-14-17-7-5-6-8-18(17)22/h5-10,15H,11-14H2,1-4H3/t15-/m1/s1. The monoisotopic (exact) mass is 418 g/mol. The van der Waals surface area contributed by atoms with Crippen molar-refractivity contribution in [2.75, 3.05) is 13.6 Å². The zero-order chi connectivity index (χ0) is 20.1. The second-order valence-corrected chi connectivity index (χ2v) is 8.56. The molecule has 0 unspecified atom stereocenters. The van der Waals surface area contributed by atoms with Crippen molar-refractivity contribution in [3.63, 3.8) is 0 Å². The minimum atomic E-state index is 0.400. The molecule has 5 nitrogen and oxygen atoms in total. The molecule has 1 aromatic carbocycles. The quantitative estimate of drug-likeness (QED) is 0.442. The largest absolute Gasteiger partial charge is 0.466 e. The van der Waals surface area contributed by atoms with Gasteiger partial charge in [-0.15, -0.1) is 10.2 Å². The lowest BCUT2D eigenvalue weighted by atomic mass is 10.1. The Kier molecular flexibility index (Phi) is 7.21. The number of hydrogen-bond acceptors (Lipinski definition) is 5. The van der Waals surface area contributed by atoms with Gasteiger partial charge in [0.1, 0.15) is 17.3 Å². The van der Waals surface area contributed by atoms with Gasteiger partial charge < -0.3 is 8.98 Å². The molecule has 0 bridgehead atoms. The Morgan fingerprint density at radius 2 is 2.00 bits per heavy atom. The third-order valence-electron chi connectivity index (χ3n) is 4.84. The van der Waals surface area contributed by atoms with Crippen molar-refractivity contribution < 1.29 is 4.42 Å². The van der Waals surface area contributed by atoms with Gasteiger partial charge in [-0.05, 0) is 50.7 Å². The highest BCUT2D eigenvalue weighted by atomic mass is 35.5. The Hall–Kier alpha value is -1.76. The van der Waals surface area contributed by atoms with Crippen LogP contribution in [-0.4, -0.2) is 33.3 Å². The van der Waals surface area contributed by atoms with Crippen LogP contribution in [0, 0.1) is 6.92 Å². The maximum atomic E-state index is 6.24. The second-order valence-electron chi connectivity index (χ2n) is 7.21. The lowest BCUT2D eigenvalue weighted by Gasteiger charge is -2.18. The number of aryl methyl sites for hydroxylation is 1. The van der Waals surface area contributed by atoms with Gasteiger partial charge in [0.15, 0.2) is 5.16 Å². The molecule has 0 fully saturated rings. The molecule has 2 aromatic heterocycles. The lowest BCUT2D eigenvalue weighted by molar-refractivity contribution is 0.294. The van der Waals surface area contributed by atoms with Crippen molar-refractivity contribution in [3.05, 3.63) is 64.3 Å². The van der Waals surface area contributed by atoms with Crippen molar-refractivity contribution in [1.82, 2.24) is 19.7 Å². The maximum Gasteiger partial charge on any atom is 0.191 e. The fourth-order valence-corrected chi connectivity index (χ4v) is 4.18. The first kappa shape index (κ1) is 21.0. The second kappa shape index (κ2) is 9.63. The van der Waals surface area contributed by atoms with Gasteiger partial charge >= 0.3 is 0 Å². The first-order chi connectivity index (χ1) is 13.4. The van der Waals surface area contributed by atoms with Gasteiger partial charge in [-0.2, -0.15) is 0 Å².